The van der Waals surface area contributed by atoms with Crippen LogP contribution in [0.5, 0.6) is 0 Å². The third kappa shape index (κ3) is 2.47. The first-order chi connectivity index (χ1) is 8.06. The zero-order valence-electron chi connectivity index (χ0n) is 8.78. The number of hydrogen-bond donors (Lipinski definition) is 1. The molecule has 2 rings (SSSR count). The maximum absolute atomic E-state index is 13.3. The number of hydrogen-bond acceptors (Lipinski definition) is 1. The molecule has 86 valence electrons. The average molecular weight is 233 g/mol. The molecule has 0 atom stereocenters. The highest BCUT2D eigenvalue weighted by Crippen LogP contribution is 2.22. The van der Waals surface area contributed by atoms with Crippen molar-refractivity contribution in [1.29, 1.82) is 0 Å². The lowest BCUT2D eigenvalue weighted by atomic mass is 10.0. The van der Waals surface area contributed by atoms with Crippen LogP contribution < -0.4 is 5.73 Å². The summed E-state index contributed by atoms with van der Waals surface area (Å²) in [5, 5.41) is 0. The van der Waals surface area contributed by atoms with Gasteiger partial charge in [-0.1, -0.05) is 12.1 Å². The molecule has 2 aromatic rings. The highest BCUT2D eigenvalue weighted by molar-refractivity contribution is 5.94. The molecule has 1 amide bonds. The monoisotopic (exact) mass is 233 g/mol. The average Bonchev–Trinajstić information content (AvgIpc) is 2.28. The van der Waals surface area contributed by atoms with Crippen LogP contribution in [0.2, 0.25) is 0 Å². The van der Waals surface area contributed by atoms with Crippen molar-refractivity contribution in [1.82, 2.24) is 0 Å². The number of rotatable bonds is 2. The quantitative estimate of drug-likeness (QED) is 0.851. The standard InChI is InChI=1S/C13H9F2NO/c14-11-3-1-2-8(5-11)9-4-10(13(16)17)7-12(15)6-9/h1-7H,(H2,16,17). The van der Waals surface area contributed by atoms with Crippen molar-refractivity contribution >= 4 is 5.91 Å². The van der Waals surface area contributed by atoms with Crippen molar-refractivity contribution in [3.63, 3.8) is 0 Å². The summed E-state index contributed by atoms with van der Waals surface area (Å²) in [7, 11) is 0. The predicted octanol–water partition coefficient (Wildman–Crippen LogP) is 2.73. The van der Waals surface area contributed by atoms with Gasteiger partial charge in [-0.3, -0.25) is 4.79 Å². The Hall–Kier alpha value is -2.23. The lowest BCUT2D eigenvalue weighted by molar-refractivity contribution is 0.1000. The fraction of sp³-hybridized carbons (Fsp3) is 0. The molecule has 4 heteroatoms. The van der Waals surface area contributed by atoms with Crippen molar-refractivity contribution in [3.8, 4) is 11.1 Å². The molecule has 0 fully saturated rings. The van der Waals surface area contributed by atoms with Crippen molar-refractivity contribution in [2.24, 2.45) is 5.73 Å². The van der Waals surface area contributed by atoms with Gasteiger partial charge >= 0.3 is 0 Å². The Balaban J connectivity index is 2.56. The van der Waals surface area contributed by atoms with E-state index in [2.05, 4.69) is 0 Å². The molecular formula is C13H9F2NO. The lowest BCUT2D eigenvalue weighted by Crippen LogP contribution is -2.11. The summed E-state index contributed by atoms with van der Waals surface area (Å²) >= 11 is 0. The Morgan fingerprint density at radius 2 is 1.65 bits per heavy atom. The second kappa shape index (κ2) is 4.33. The van der Waals surface area contributed by atoms with E-state index in [0.29, 0.717) is 11.1 Å². The van der Waals surface area contributed by atoms with Crippen LogP contribution in [0.25, 0.3) is 11.1 Å². The number of carbonyl (C=O) groups is 1. The molecule has 2 aromatic carbocycles. The Kier molecular flexibility index (Phi) is 2.87. The lowest BCUT2D eigenvalue weighted by Gasteiger charge is -2.04. The summed E-state index contributed by atoms with van der Waals surface area (Å²) in [5.41, 5.74) is 6.05. The summed E-state index contributed by atoms with van der Waals surface area (Å²) in [5.74, 6) is -1.73. The zero-order valence-corrected chi connectivity index (χ0v) is 8.78. The van der Waals surface area contributed by atoms with E-state index in [1.807, 2.05) is 0 Å². The van der Waals surface area contributed by atoms with Gasteiger partial charge in [0.1, 0.15) is 11.6 Å². The van der Waals surface area contributed by atoms with Crippen LogP contribution in [0.3, 0.4) is 0 Å². The Bertz CT molecular complexity index is 581. The molecule has 0 aliphatic heterocycles. The summed E-state index contributed by atoms with van der Waals surface area (Å²) in [6.07, 6.45) is 0. The molecule has 0 saturated carbocycles. The first kappa shape index (κ1) is 11.3. The minimum atomic E-state index is -0.720. The van der Waals surface area contributed by atoms with Gasteiger partial charge in [0.25, 0.3) is 0 Å². The number of amides is 1. The Labute approximate surface area is 96.7 Å². The molecule has 0 saturated heterocycles. The number of benzene rings is 2. The molecule has 0 aliphatic rings. The van der Waals surface area contributed by atoms with Crippen LogP contribution in [0.1, 0.15) is 10.4 Å². The zero-order chi connectivity index (χ0) is 12.4. The van der Waals surface area contributed by atoms with E-state index >= 15 is 0 Å². The highest BCUT2D eigenvalue weighted by atomic mass is 19.1. The molecule has 0 bridgehead atoms. The van der Waals surface area contributed by atoms with E-state index in [-0.39, 0.29) is 5.56 Å². The fourth-order valence-electron chi connectivity index (χ4n) is 1.57. The van der Waals surface area contributed by atoms with E-state index in [1.54, 1.807) is 6.07 Å². The third-order valence-corrected chi connectivity index (χ3v) is 2.34. The highest BCUT2D eigenvalue weighted by Gasteiger charge is 2.07. The molecule has 0 unspecified atom stereocenters. The van der Waals surface area contributed by atoms with Crippen molar-refractivity contribution in [3.05, 3.63) is 59.7 Å². The van der Waals surface area contributed by atoms with Gasteiger partial charge < -0.3 is 5.73 Å². The van der Waals surface area contributed by atoms with Crippen LogP contribution in [0.4, 0.5) is 8.78 Å². The fourth-order valence-corrected chi connectivity index (χ4v) is 1.57. The molecule has 0 spiro atoms. The van der Waals surface area contributed by atoms with Crippen LogP contribution in [0.15, 0.2) is 42.5 Å². The van der Waals surface area contributed by atoms with Crippen molar-refractivity contribution in [2.45, 2.75) is 0 Å². The smallest absolute Gasteiger partial charge is 0.248 e. The summed E-state index contributed by atoms with van der Waals surface area (Å²) < 4.78 is 26.3. The van der Waals surface area contributed by atoms with Crippen molar-refractivity contribution < 1.29 is 13.6 Å². The van der Waals surface area contributed by atoms with Crippen LogP contribution >= 0.6 is 0 Å². The van der Waals surface area contributed by atoms with E-state index in [1.165, 1.54) is 30.3 Å². The second-order valence-corrected chi connectivity index (χ2v) is 3.60. The number of carbonyl (C=O) groups excluding carboxylic acids is 1. The van der Waals surface area contributed by atoms with Gasteiger partial charge in [-0.2, -0.15) is 0 Å². The van der Waals surface area contributed by atoms with Gasteiger partial charge in [0, 0.05) is 5.56 Å². The molecule has 0 radical (unpaired) electrons. The van der Waals surface area contributed by atoms with E-state index in [9.17, 15) is 13.6 Å². The molecule has 17 heavy (non-hydrogen) atoms. The number of halogens is 2. The molecule has 2 nitrogen and oxygen atoms in total. The second-order valence-electron chi connectivity index (χ2n) is 3.60. The Morgan fingerprint density at radius 1 is 0.941 bits per heavy atom. The van der Waals surface area contributed by atoms with E-state index in [0.717, 1.165) is 6.07 Å². The van der Waals surface area contributed by atoms with Crippen LogP contribution in [-0.4, -0.2) is 5.91 Å². The van der Waals surface area contributed by atoms with Gasteiger partial charge in [-0.25, -0.2) is 8.78 Å². The van der Waals surface area contributed by atoms with Gasteiger partial charge in [-0.15, -0.1) is 0 Å². The topological polar surface area (TPSA) is 43.1 Å². The summed E-state index contributed by atoms with van der Waals surface area (Å²) in [4.78, 5) is 11.0. The number of nitrogens with two attached hydrogens (primary N) is 1. The minimum absolute atomic E-state index is 0.0595. The van der Waals surface area contributed by atoms with Crippen LogP contribution in [-0.2, 0) is 0 Å². The van der Waals surface area contributed by atoms with Gasteiger partial charge in [0.15, 0.2) is 0 Å². The van der Waals surface area contributed by atoms with E-state index < -0.39 is 17.5 Å². The van der Waals surface area contributed by atoms with Crippen molar-refractivity contribution in [2.75, 3.05) is 0 Å². The maximum atomic E-state index is 13.3. The molecular weight excluding hydrogens is 224 g/mol. The third-order valence-electron chi connectivity index (χ3n) is 2.34. The predicted molar refractivity (Wildman–Crippen MR) is 60.3 cm³/mol. The van der Waals surface area contributed by atoms with E-state index in [4.69, 9.17) is 5.73 Å². The van der Waals surface area contributed by atoms with Gasteiger partial charge in [-0.05, 0) is 41.5 Å². The van der Waals surface area contributed by atoms with Crippen LogP contribution in [0, 0.1) is 11.6 Å². The largest absolute Gasteiger partial charge is 0.366 e. The molecule has 0 aliphatic carbocycles. The normalized spacial score (nSPS) is 10.2. The Morgan fingerprint density at radius 3 is 2.29 bits per heavy atom. The maximum Gasteiger partial charge on any atom is 0.248 e. The summed E-state index contributed by atoms with van der Waals surface area (Å²) in [6, 6.07) is 9.39. The molecule has 0 heterocycles. The minimum Gasteiger partial charge on any atom is -0.366 e. The first-order valence-corrected chi connectivity index (χ1v) is 4.92. The SMILES string of the molecule is NC(=O)c1cc(F)cc(-c2cccc(F)c2)c1. The summed E-state index contributed by atoms with van der Waals surface area (Å²) in [6.45, 7) is 0. The molecule has 2 N–H and O–H groups in total. The first-order valence-electron chi connectivity index (χ1n) is 4.92. The van der Waals surface area contributed by atoms with Gasteiger partial charge in [0.05, 0.1) is 0 Å². The number of primary amides is 1. The molecule has 0 aromatic heterocycles. The van der Waals surface area contributed by atoms with Gasteiger partial charge in [0.2, 0.25) is 5.91 Å².